The van der Waals surface area contributed by atoms with E-state index in [1.165, 1.54) is 19.2 Å². The Morgan fingerprint density at radius 2 is 1.81 bits per heavy atom. The van der Waals surface area contributed by atoms with Gasteiger partial charge >= 0.3 is 0 Å². The fraction of sp³-hybridized carbons (Fsp3) is 0.278. The molecule has 6 nitrogen and oxygen atoms in total. The molecule has 0 heterocycles. The summed E-state index contributed by atoms with van der Waals surface area (Å²) in [7, 11) is -2.18. The maximum atomic E-state index is 13.1. The van der Waals surface area contributed by atoms with Crippen molar-refractivity contribution in [1.29, 1.82) is 0 Å². The highest BCUT2D eigenvalue weighted by atomic mass is 32.2. The van der Waals surface area contributed by atoms with Gasteiger partial charge in [0.2, 0.25) is 15.9 Å². The van der Waals surface area contributed by atoms with E-state index < -0.39 is 28.3 Å². The predicted molar refractivity (Wildman–Crippen MR) is 98.1 cm³/mol. The molecule has 1 atom stereocenters. The standard InChI is InChI=1S/C18H21FN2O4S/c1-13(16-6-4-5-7-17(16)25-2)20-18(22)12-21(26(3,23)24)15-10-8-14(19)9-11-15/h4-11,13H,12H2,1-3H3,(H,20,22)/t13-/m0/s1. The van der Waals surface area contributed by atoms with Gasteiger partial charge in [0.15, 0.2) is 0 Å². The molecular weight excluding hydrogens is 359 g/mol. The summed E-state index contributed by atoms with van der Waals surface area (Å²) in [5.74, 6) is -0.353. The van der Waals surface area contributed by atoms with Crippen LogP contribution in [-0.2, 0) is 14.8 Å². The van der Waals surface area contributed by atoms with Crippen molar-refractivity contribution in [1.82, 2.24) is 5.32 Å². The van der Waals surface area contributed by atoms with Crippen LogP contribution in [0, 0.1) is 5.82 Å². The molecule has 1 N–H and O–H groups in total. The number of rotatable bonds is 7. The summed E-state index contributed by atoms with van der Waals surface area (Å²) in [6.45, 7) is 1.36. The number of methoxy groups -OCH3 is 1. The zero-order chi connectivity index (χ0) is 19.3. The number of carbonyl (C=O) groups is 1. The molecule has 0 aromatic heterocycles. The maximum Gasteiger partial charge on any atom is 0.241 e. The van der Waals surface area contributed by atoms with Gasteiger partial charge in [-0.15, -0.1) is 0 Å². The van der Waals surface area contributed by atoms with E-state index in [1.54, 1.807) is 13.0 Å². The Morgan fingerprint density at radius 1 is 1.19 bits per heavy atom. The fourth-order valence-electron chi connectivity index (χ4n) is 2.53. The number of hydrogen-bond acceptors (Lipinski definition) is 4. The second kappa shape index (κ2) is 8.18. The second-order valence-corrected chi connectivity index (χ2v) is 7.68. The van der Waals surface area contributed by atoms with Gasteiger partial charge in [0.1, 0.15) is 18.1 Å². The molecule has 0 saturated carbocycles. The summed E-state index contributed by atoms with van der Waals surface area (Å²) in [5.41, 5.74) is 0.991. The third-order valence-corrected chi connectivity index (χ3v) is 4.93. The maximum absolute atomic E-state index is 13.1. The molecule has 0 aliphatic rings. The van der Waals surface area contributed by atoms with E-state index in [4.69, 9.17) is 4.74 Å². The zero-order valence-corrected chi connectivity index (χ0v) is 15.6. The Labute approximate surface area is 152 Å². The summed E-state index contributed by atoms with van der Waals surface area (Å²) in [5, 5.41) is 2.76. The predicted octanol–water partition coefficient (Wildman–Crippen LogP) is 2.48. The van der Waals surface area contributed by atoms with Crippen LogP contribution in [0.15, 0.2) is 48.5 Å². The highest BCUT2D eigenvalue weighted by Crippen LogP contribution is 2.24. The minimum atomic E-state index is -3.71. The minimum Gasteiger partial charge on any atom is -0.496 e. The molecule has 0 aliphatic carbocycles. The number of sulfonamides is 1. The summed E-state index contributed by atoms with van der Waals surface area (Å²) >= 11 is 0. The first-order valence-corrected chi connectivity index (χ1v) is 9.72. The molecule has 2 aromatic rings. The largest absolute Gasteiger partial charge is 0.496 e. The Balaban J connectivity index is 2.16. The molecule has 2 aromatic carbocycles. The summed E-state index contributed by atoms with van der Waals surface area (Å²) in [6, 6.07) is 11.8. The number of benzene rings is 2. The lowest BCUT2D eigenvalue weighted by Gasteiger charge is -2.23. The first kappa shape index (κ1) is 19.7. The van der Waals surface area contributed by atoms with Gasteiger partial charge < -0.3 is 10.1 Å². The molecule has 2 rings (SSSR count). The minimum absolute atomic E-state index is 0.217. The van der Waals surface area contributed by atoms with Crippen LogP contribution in [0.2, 0.25) is 0 Å². The first-order valence-electron chi connectivity index (χ1n) is 7.88. The highest BCUT2D eigenvalue weighted by Gasteiger charge is 2.22. The molecule has 0 spiro atoms. The Bertz CT molecular complexity index is 869. The number of nitrogens with one attached hydrogen (secondary N) is 1. The molecule has 140 valence electrons. The van der Waals surface area contributed by atoms with E-state index >= 15 is 0 Å². The van der Waals surface area contributed by atoms with Crippen LogP contribution in [0.5, 0.6) is 5.75 Å². The van der Waals surface area contributed by atoms with Crippen molar-refractivity contribution in [3.05, 3.63) is 59.9 Å². The van der Waals surface area contributed by atoms with E-state index in [2.05, 4.69) is 5.32 Å². The number of halogens is 1. The first-order chi connectivity index (χ1) is 12.2. The molecule has 0 bridgehead atoms. The lowest BCUT2D eigenvalue weighted by atomic mass is 10.1. The van der Waals surface area contributed by atoms with Gasteiger partial charge in [0.05, 0.1) is 25.1 Å². The zero-order valence-electron chi connectivity index (χ0n) is 14.8. The Morgan fingerprint density at radius 3 is 2.38 bits per heavy atom. The molecule has 1 amide bonds. The van der Waals surface area contributed by atoms with E-state index in [1.807, 2.05) is 18.2 Å². The van der Waals surface area contributed by atoms with Crippen LogP contribution >= 0.6 is 0 Å². The lowest BCUT2D eigenvalue weighted by Crippen LogP contribution is -2.41. The Kier molecular flexibility index (Phi) is 6.20. The van der Waals surface area contributed by atoms with Gasteiger partial charge in [0.25, 0.3) is 0 Å². The molecular formula is C18H21FN2O4S. The van der Waals surface area contributed by atoms with Crippen molar-refractivity contribution in [2.24, 2.45) is 0 Å². The van der Waals surface area contributed by atoms with E-state index in [-0.39, 0.29) is 11.7 Å². The summed E-state index contributed by atoms with van der Waals surface area (Å²) in [6.07, 6.45) is 0.993. The SMILES string of the molecule is COc1ccccc1[C@H](C)NC(=O)CN(c1ccc(F)cc1)S(C)(=O)=O. The Hall–Kier alpha value is -2.61. The van der Waals surface area contributed by atoms with Gasteiger partial charge in [-0.25, -0.2) is 12.8 Å². The van der Waals surface area contributed by atoms with Crippen LogP contribution in [-0.4, -0.2) is 34.2 Å². The van der Waals surface area contributed by atoms with Crippen LogP contribution < -0.4 is 14.4 Å². The van der Waals surface area contributed by atoms with E-state index in [0.29, 0.717) is 5.75 Å². The lowest BCUT2D eigenvalue weighted by molar-refractivity contribution is -0.120. The van der Waals surface area contributed by atoms with Crippen molar-refractivity contribution in [2.45, 2.75) is 13.0 Å². The van der Waals surface area contributed by atoms with Gasteiger partial charge in [-0.2, -0.15) is 0 Å². The molecule has 0 fully saturated rings. The topological polar surface area (TPSA) is 75.7 Å². The fourth-order valence-corrected chi connectivity index (χ4v) is 3.38. The van der Waals surface area contributed by atoms with Crippen molar-refractivity contribution in [3.63, 3.8) is 0 Å². The smallest absolute Gasteiger partial charge is 0.241 e. The van der Waals surface area contributed by atoms with Crippen LogP contribution in [0.3, 0.4) is 0 Å². The molecule has 26 heavy (non-hydrogen) atoms. The second-order valence-electron chi connectivity index (χ2n) is 5.78. The van der Waals surface area contributed by atoms with Gasteiger partial charge in [0, 0.05) is 5.56 Å². The number of nitrogens with zero attached hydrogens (tertiary/aromatic N) is 1. The van der Waals surface area contributed by atoms with Crippen molar-refractivity contribution in [2.75, 3.05) is 24.2 Å². The van der Waals surface area contributed by atoms with E-state index in [9.17, 15) is 17.6 Å². The van der Waals surface area contributed by atoms with Crippen molar-refractivity contribution < 1.29 is 22.3 Å². The van der Waals surface area contributed by atoms with Crippen LogP contribution in [0.1, 0.15) is 18.5 Å². The van der Waals surface area contributed by atoms with Crippen LogP contribution in [0.25, 0.3) is 0 Å². The molecule has 0 aliphatic heterocycles. The normalized spacial score (nSPS) is 12.3. The quantitative estimate of drug-likeness (QED) is 0.801. The number of anilines is 1. The number of carbonyl (C=O) groups excluding carboxylic acids is 1. The van der Waals surface area contributed by atoms with Gasteiger partial charge in [-0.1, -0.05) is 18.2 Å². The van der Waals surface area contributed by atoms with E-state index in [0.717, 1.165) is 28.3 Å². The number of hydrogen-bond donors (Lipinski definition) is 1. The highest BCUT2D eigenvalue weighted by molar-refractivity contribution is 7.92. The molecule has 0 unspecified atom stereocenters. The van der Waals surface area contributed by atoms with Crippen molar-refractivity contribution >= 4 is 21.6 Å². The number of ether oxygens (including phenoxy) is 1. The summed E-state index contributed by atoms with van der Waals surface area (Å²) < 4.78 is 43.4. The number of para-hydroxylation sites is 1. The molecule has 0 radical (unpaired) electrons. The van der Waals surface area contributed by atoms with Crippen molar-refractivity contribution in [3.8, 4) is 5.75 Å². The van der Waals surface area contributed by atoms with Gasteiger partial charge in [-0.3, -0.25) is 9.10 Å². The van der Waals surface area contributed by atoms with Gasteiger partial charge in [-0.05, 0) is 37.3 Å². The number of amides is 1. The summed E-state index contributed by atoms with van der Waals surface area (Å²) in [4.78, 5) is 12.4. The third-order valence-electron chi connectivity index (χ3n) is 3.79. The molecule has 0 saturated heterocycles. The average molecular weight is 380 g/mol. The monoisotopic (exact) mass is 380 g/mol. The van der Waals surface area contributed by atoms with Crippen LogP contribution in [0.4, 0.5) is 10.1 Å². The third kappa shape index (κ3) is 4.95. The average Bonchev–Trinajstić information content (AvgIpc) is 2.59. The molecule has 8 heteroatoms.